The van der Waals surface area contributed by atoms with Crippen LogP contribution in [-0.4, -0.2) is 65.3 Å². The average molecular weight is 592 g/mol. The van der Waals surface area contributed by atoms with Crippen LogP contribution in [0.2, 0.25) is 5.02 Å². The smallest absolute Gasteiger partial charge is 0.340 e. The minimum atomic E-state index is -1.72. The maximum Gasteiger partial charge on any atom is 0.340 e. The maximum absolute atomic E-state index is 14.0. The van der Waals surface area contributed by atoms with E-state index in [0.29, 0.717) is 11.3 Å². The van der Waals surface area contributed by atoms with Gasteiger partial charge in [-0.1, -0.05) is 71.9 Å². The van der Waals surface area contributed by atoms with E-state index in [1.807, 2.05) is 0 Å². The van der Waals surface area contributed by atoms with E-state index in [1.165, 1.54) is 17.1 Å². The molecule has 12 nitrogen and oxygen atoms in total. The molecule has 0 aliphatic carbocycles. The number of carboxylic acids is 1. The molecule has 208 valence electrons. The van der Waals surface area contributed by atoms with Gasteiger partial charge in [-0.3, -0.25) is 19.8 Å². The van der Waals surface area contributed by atoms with Crippen LogP contribution in [0, 0.1) is 0 Å². The van der Waals surface area contributed by atoms with E-state index >= 15 is 0 Å². The van der Waals surface area contributed by atoms with Gasteiger partial charge in [0.15, 0.2) is 4.87 Å². The normalized spacial score (nSPS) is 16.3. The second kappa shape index (κ2) is 11.8. The first-order valence-corrected chi connectivity index (χ1v) is 13.4. The summed E-state index contributed by atoms with van der Waals surface area (Å²) in [6, 6.07) is 19.2. The van der Waals surface area contributed by atoms with Crippen LogP contribution in [0.25, 0.3) is 5.69 Å². The van der Waals surface area contributed by atoms with Gasteiger partial charge in [0.05, 0.1) is 11.4 Å². The Morgan fingerprint density at radius 2 is 1.88 bits per heavy atom. The van der Waals surface area contributed by atoms with Crippen LogP contribution < -0.4 is 10.7 Å². The van der Waals surface area contributed by atoms with Crippen molar-refractivity contribution in [2.45, 2.75) is 28.6 Å². The summed E-state index contributed by atoms with van der Waals surface area (Å²) in [6.45, 7) is 0. The molecule has 1 aliphatic heterocycles. The van der Waals surface area contributed by atoms with Crippen molar-refractivity contribution in [3.05, 3.63) is 95.3 Å². The van der Waals surface area contributed by atoms with E-state index in [9.17, 15) is 24.3 Å². The minimum Gasteiger partial charge on any atom is -0.479 e. The molecule has 3 aromatic carbocycles. The fourth-order valence-electron chi connectivity index (χ4n) is 4.45. The summed E-state index contributed by atoms with van der Waals surface area (Å²) in [5, 5.41) is 25.2. The first-order valence-electron chi connectivity index (χ1n) is 12.2. The molecule has 0 fully saturated rings. The molecule has 14 heteroatoms. The number of nitrogens with one attached hydrogen (secondary N) is 2. The maximum atomic E-state index is 14.0. The number of amides is 2. The van der Waals surface area contributed by atoms with Crippen molar-refractivity contribution in [1.29, 1.82) is 0 Å². The Kier molecular flexibility index (Phi) is 7.99. The molecule has 4 aromatic rings. The molecule has 2 amide bonds. The van der Waals surface area contributed by atoms with Crippen LogP contribution in [0.4, 0.5) is 5.69 Å². The Labute approximate surface area is 242 Å². The van der Waals surface area contributed by atoms with E-state index < -0.39 is 28.7 Å². The number of carboxylic acid groups (broad SMARTS) is 1. The van der Waals surface area contributed by atoms with Gasteiger partial charge >= 0.3 is 11.9 Å². The molecule has 3 N–H and O–H groups in total. The lowest BCUT2D eigenvalue weighted by molar-refractivity contribution is -0.146. The van der Waals surface area contributed by atoms with Crippen molar-refractivity contribution in [2.24, 2.45) is 0 Å². The lowest BCUT2D eigenvalue weighted by Crippen LogP contribution is -2.60. The van der Waals surface area contributed by atoms with E-state index in [4.69, 9.17) is 11.6 Å². The van der Waals surface area contributed by atoms with Gasteiger partial charge < -0.3 is 10.4 Å². The number of carbonyl (C=O) groups is 4. The Bertz CT molecular complexity index is 1580. The number of thioether (sulfide) groups is 1. The number of rotatable bonds is 10. The molecule has 2 unspecified atom stereocenters. The van der Waals surface area contributed by atoms with Crippen molar-refractivity contribution in [3.63, 3.8) is 0 Å². The number of benzene rings is 3. The molecule has 2 atom stereocenters. The second-order valence-corrected chi connectivity index (χ2v) is 10.8. The molecular weight excluding hydrogens is 570 g/mol. The lowest BCUT2D eigenvalue weighted by atomic mass is 10.0. The zero-order chi connectivity index (χ0) is 29.0. The van der Waals surface area contributed by atoms with Crippen LogP contribution in [0.3, 0.4) is 0 Å². The first kappa shape index (κ1) is 27.8. The number of aldehydes is 1. The molecule has 2 heterocycles. The molecule has 0 saturated heterocycles. The van der Waals surface area contributed by atoms with Crippen molar-refractivity contribution in [2.75, 3.05) is 5.43 Å². The summed E-state index contributed by atoms with van der Waals surface area (Å²) in [6.07, 6.45) is 1.36. The zero-order valence-corrected chi connectivity index (χ0v) is 22.7. The largest absolute Gasteiger partial charge is 0.479 e. The van der Waals surface area contributed by atoms with Crippen molar-refractivity contribution in [3.8, 4) is 5.69 Å². The Balaban J connectivity index is 1.53. The van der Waals surface area contributed by atoms with E-state index in [1.54, 1.807) is 66.7 Å². The SMILES string of the molecule is O=CC(=O)N(Nc1cc(Cl)ccc1-n1cnnn1)C(Cc1ccccc1)C(=O)NC1(C(=O)O)Cc2ccccc2S1. The number of halogens is 1. The molecule has 0 saturated carbocycles. The molecule has 0 spiro atoms. The third kappa shape index (κ3) is 5.90. The number of fused-ring (bicyclic) bond motifs is 1. The summed E-state index contributed by atoms with van der Waals surface area (Å²) in [7, 11) is 0. The third-order valence-electron chi connectivity index (χ3n) is 6.39. The summed E-state index contributed by atoms with van der Waals surface area (Å²) >= 11 is 7.24. The number of hydrazine groups is 1. The van der Waals surface area contributed by atoms with Crippen LogP contribution >= 0.6 is 23.4 Å². The predicted molar refractivity (Wildman–Crippen MR) is 149 cm³/mol. The lowest BCUT2D eigenvalue weighted by Gasteiger charge is -2.34. The van der Waals surface area contributed by atoms with E-state index in [-0.39, 0.29) is 29.8 Å². The summed E-state index contributed by atoms with van der Waals surface area (Å²) in [4.78, 5) is 50.5. The third-order valence-corrected chi connectivity index (χ3v) is 8.01. The van der Waals surface area contributed by atoms with E-state index in [0.717, 1.165) is 27.2 Å². The molecule has 0 bridgehead atoms. The molecule has 5 rings (SSSR count). The number of aromatic nitrogens is 4. The summed E-state index contributed by atoms with van der Waals surface area (Å²) in [5.74, 6) is -3.11. The standard InChI is InChI=1S/C27H22ClN7O5S/c28-19-10-11-21(34-16-29-32-33-34)20(13-19)31-35(24(37)15-36)22(12-17-6-2-1-3-7-17)25(38)30-27(26(39)40)14-18-8-4-5-9-23(18)41-27/h1-11,13,15-16,22,31H,12,14H2,(H,30,38)(H,39,40). The van der Waals surface area contributed by atoms with Crippen LogP contribution in [-0.2, 0) is 32.0 Å². The van der Waals surface area contributed by atoms with Gasteiger partial charge in [0, 0.05) is 22.8 Å². The number of carbonyl (C=O) groups excluding carboxylic acids is 3. The Morgan fingerprint density at radius 1 is 1.12 bits per heavy atom. The number of anilines is 1. The summed E-state index contributed by atoms with van der Waals surface area (Å²) in [5.41, 5.74) is 4.86. The van der Waals surface area contributed by atoms with Gasteiger partial charge in [-0.25, -0.2) is 9.80 Å². The number of hydrogen-bond donors (Lipinski definition) is 3. The second-order valence-electron chi connectivity index (χ2n) is 9.07. The molecule has 1 aliphatic rings. The van der Waals surface area contributed by atoms with Gasteiger partial charge in [0.2, 0.25) is 12.2 Å². The first-order chi connectivity index (χ1) is 19.8. The number of hydrogen-bond acceptors (Lipinski definition) is 9. The highest BCUT2D eigenvalue weighted by Gasteiger charge is 2.48. The van der Waals surface area contributed by atoms with Crippen LogP contribution in [0.5, 0.6) is 0 Å². The minimum absolute atomic E-state index is 0.0275. The van der Waals surface area contributed by atoms with Gasteiger partial charge in [0.25, 0.3) is 0 Å². The van der Waals surface area contributed by atoms with Gasteiger partial charge in [-0.2, -0.15) is 4.68 Å². The predicted octanol–water partition coefficient (Wildman–Crippen LogP) is 2.53. The topological polar surface area (TPSA) is 159 Å². The van der Waals surface area contributed by atoms with Gasteiger partial charge in [0.1, 0.15) is 12.4 Å². The Morgan fingerprint density at radius 3 is 2.56 bits per heavy atom. The number of aliphatic carboxylic acids is 1. The van der Waals surface area contributed by atoms with Crippen molar-refractivity contribution >= 4 is 53.1 Å². The quantitative estimate of drug-likeness (QED) is 0.142. The fourth-order valence-corrected chi connectivity index (χ4v) is 5.88. The molecular formula is C27H22ClN7O5S. The highest BCUT2D eigenvalue weighted by atomic mass is 35.5. The average Bonchev–Trinajstić information content (AvgIpc) is 3.64. The summed E-state index contributed by atoms with van der Waals surface area (Å²) < 4.78 is 1.31. The Hall–Kier alpha value is -4.75. The highest BCUT2D eigenvalue weighted by Crippen LogP contribution is 2.43. The number of nitrogens with zero attached hydrogens (tertiary/aromatic N) is 5. The molecule has 0 radical (unpaired) electrons. The van der Waals surface area contributed by atoms with Gasteiger partial charge in [-0.15, -0.1) is 5.10 Å². The van der Waals surface area contributed by atoms with Crippen LogP contribution in [0.15, 0.2) is 84.0 Å². The fraction of sp³-hybridized carbons (Fsp3) is 0.148. The highest BCUT2D eigenvalue weighted by molar-refractivity contribution is 8.01. The molecule has 41 heavy (non-hydrogen) atoms. The monoisotopic (exact) mass is 591 g/mol. The zero-order valence-electron chi connectivity index (χ0n) is 21.2. The van der Waals surface area contributed by atoms with Crippen molar-refractivity contribution < 1.29 is 24.3 Å². The van der Waals surface area contributed by atoms with Gasteiger partial charge in [-0.05, 0) is 45.8 Å². The van der Waals surface area contributed by atoms with Crippen molar-refractivity contribution in [1.82, 2.24) is 30.5 Å². The number of tetrazole rings is 1. The molecule has 1 aromatic heterocycles. The van der Waals surface area contributed by atoms with E-state index in [2.05, 4.69) is 26.3 Å². The van der Waals surface area contributed by atoms with Crippen LogP contribution in [0.1, 0.15) is 11.1 Å².